The van der Waals surface area contributed by atoms with Crippen molar-refractivity contribution in [2.45, 2.75) is 72.8 Å². The molecule has 1 unspecified atom stereocenters. The van der Waals surface area contributed by atoms with Gasteiger partial charge in [-0.2, -0.15) is 0 Å². The number of hydrogen-bond acceptors (Lipinski definition) is 1. The lowest BCUT2D eigenvalue weighted by Crippen LogP contribution is -2.30. The van der Waals surface area contributed by atoms with Gasteiger partial charge in [0.25, 0.3) is 0 Å². The molecule has 1 atom stereocenters. The van der Waals surface area contributed by atoms with E-state index in [2.05, 4.69) is 39.9 Å². The Bertz CT molecular complexity index is 127. The van der Waals surface area contributed by atoms with Gasteiger partial charge < -0.3 is 5.32 Å². The van der Waals surface area contributed by atoms with Crippen molar-refractivity contribution in [1.82, 2.24) is 5.32 Å². The van der Waals surface area contributed by atoms with Crippen molar-refractivity contribution in [2.24, 2.45) is 11.8 Å². The monoisotopic (exact) mass is 213 g/mol. The minimum absolute atomic E-state index is 0.746. The second-order valence-corrected chi connectivity index (χ2v) is 5.14. The molecule has 0 heterocycles. The predicted octanol–water partition coefficient (Wildman–Crippen LogP) is 4.23. The third-order valence-corrected chi connectivity index (χ3v) is 3.33. The summed E-state index contributed by atoms with van der Waals surface area (Å²) in [6.07, 6.45) is 6.78. The molecule has 1 N–H and O–H groups in total. The van der Waals surface area contributed by atoms with Gasteiger partial charge in [0.05, 0.1) is 0 Å². The summed E-state index contributed by atoms with van der Waals surface area (Å²) >= 11 is 0. The Balaban J connectivity index is 3.82. The van der Waals surface area contributed by atoms with Gasteiger partial charge in [-0.05, 0) is 37.6 Å². The first kappa shape index (κ1) is 15.0. The van der Waals surface area contributed by atoms with Crippen LogP contribution in [0.15, 0.2) is 0 Å². The first-order chi connectivity index (χ1) is 7.13. The molecule has 0 aromatic carbocycles. The van der Waals surface area contributed by atoms with Gasteiger partial charge >= 0.3 is 0 Å². The molecule has 0 spiro atoms. The van der Waals surface area contributed by atoms with Crippen LogP contribution in [0.1, 0.15) is 66.7 Å². The van der Waals surface area contributed by atoms with Crippen LogP contribution in [0.4, 0.5) is 0 Å². The second kappa shape index (κ2) is 9.21. The van der Waals surface area contributed by atoms with E-state index in [0.29, 0.717) is 0 Å². The molecular weight excluding hydrogens is 182 g/mol. The molecule has 0 saturated heterocycles. The quantitative estimate of drug-likeness (QED) is 0.604. The van der Waals surface area contributed by atoms with E-state index < -0.39 is 0 Å². The van der Waals surface area contributed by atoms with Gasteiger partial charge in [0, 0.05) is 6.04 Å². The Morgan fingerprint density at radius 1 is 0.933 bits per heavy atom. The molecule has 0 saturated carbocycles. The van der Waals surface area contributed by atoms with Crippen LogP contribution < -0.4 is 5.32 Å². The number of hydrogen-bond donors (Lipinski definition) is 1. The lowest BCUT2D eigenvalue weighted by atomic mass is 9.92. The highest BCUT2D eigenvalue weighted by Gasteiger charge is 2.12. The summed E-state index contributed by atoms with van der Waals surface area (Å²) in [7, 11) is 0. The van der Waals surface area contributed by atoms with Crippen LogP contribution in [-0.2, 0) is 0 Å². The molecule has 0 bridgehead atoms. The summed E-state index contributed by atoms with van der Waals surface area (Å²) < 4.78 is 0. The normalized spacial score (nSPS) is 13.8. The Morgan fingerprint density at radius 3 is 1.93 bits per heavy atom. The molecule has 0 aromatic heterocycles. The van der Waals surface area contributed by atoms with Gasteiger partial charge in [0.1, 0.15) is 0 Å². The number of rotatable bonds is 9. The standard InChI is InChI=1S/C14H31N/c1-6-13(7-2)9-10-14(15-8-3)11-12(4)5/h12-15H,6-11H2,1-5H3. The largest absolute Gasteiger partial charge is 0.314 e. The molecule has 0 aliphatic carbocycles. The molecule has 0 rings (SSSR count). The summed E-state index contributed by atoms with van der Waals surface area (Å²) in [6.45, 7) is 12.6. The van der Waals surface area contributed by atoms with Crippen LogP contribution in [0.5, 0.6) is 0 Å². The average Bonchev–Trinajstić information content (AvgIpc) is 2.18. The summed E-state index contributed by atoms with van der Waals surface area (Å²) in [4.78, 5) is 0. The summed E-state index contributed by atoms with van der Waals surface area (Å²) in [6, 6.07) is 0.746. The highest BCUT2D eigenvalue weighted by Crippen LogP contribution is 2.18. The fraction of sp³-hybridized carbons (Fsp3) is 1.00. The Hall–Kier alpha value is -0.0400. The fourth-order valence-electron chi connectivity index (χ4n) is 2.29. The van der Waals surface area contributed by atoms with Crippen LogP contribution in [0.3, 0.4) is 0 Å². The summed E-state index contributed by atoms with van der Waals surface area (Å²) in [5.41, 5.74) is 0. The lowest BCUT2D eigenvalue weighted by molar-refractivity contribution is 0.351. The maximum atomic E-state index is 3.62. The first-order valence-electron chi connectivity index (χ1n) is 6.87. The molecule has 0 radical (unpaired) electrons. The molecule has 0 aliphatic heterocycles. The van der Waals surface area contributed by atoms with Crippen LogP contribution in [0.25, 0.3) is 0 Å². The van der Waals surface area contributed by atoms with E-state index >= 15 is 0 Å². The van der Waals surface area contributed by atoms with Gasteiger partial charge in [-0.25, -0.2) is 0 Å². The summed E-state index contributed by atoms with van der Waals surface area (Å²) in [5, 5.41) is 3.62. The van der Waals surface area contributed by atoms with Crippen molar-refractivity contribution in [3.05, 3.63) is 0 Å². The van der Waals surface area contributed by atoms with Gasteiger partial charge in [0.2, 0.25) is 0 Å². The molecular formula is C14H31N. The lowest BCUT2D eigenvalue weighted by Gasteiger charge is -2.22. The molecule has 0 fully saturated rings. The van der Waals surface area contributed by atoms with Gasteiger partial charge in [-0.3, -0.25) is 0 Å². The fourth-order valence-corrected chi connectivity index (χ4v) is 2.29. The van der Waals surface area contributed by atoms with Crippen LogP contribution in [-0.4, -0.2) is 12.6 Å². The van der Waals surface area contributed by atoms with Crippen LogP contribution in [0.2, 0.25) is 0 Å². The topological polar surface area (TPSA) is 12.0 Å². The molecule has 0 aliphatic rings. The van der Waals surface area contributed by atoms with Crippen molar-refractivity contribution in [1.29, 1.82) is 0 Å². The molecule has 1 heteroatoms. The second-order valence-electron chi connectivity index (χ2n) is 5.14. The molecule has 15 heavy (non-hydrogen) atoms. The van der Waals surface area contributed by atoms with Crippen molar-refractivity contribution in [2.75, 3.05) is 6.54 Å². The van der Waals surface area contributed by atoms with Crippen LogP contribution >= 0.6 is 0 Å². The van der Waals surface area contributed by atoms with E-state index in [9.17, 15) is 0 Å². The van der Waals surface area contributed by atoms with Gasteiger partial charge in [0.15, 0.2) is 0 Å². The highest BCUT2D eigenvalue weighted by atomic mass is 14.9. The summed E-state index contributed by atoms with van der Waals surface area (Å²) in [5.74, 6) is 1.76. The minimum Gasteiger partial charge on any atom is -0.314 e. The van der Waals surface area contributed by atoms with Gasteiger partial charge in [-0.15, -0.1) is 0 Å². The zero-order valence-corrected chi connectivity index (χ0v) is 11.5. The van der Waals surface area contributed by atoms with Gasteiger partial charge in [-0.1, -0.05) is 47.5 Å². The smallest absolute Gasteiger partial charge is 0.00694 e. The molecule has 0 amide bonds. The van der Waals surface area contributed by atoms with Crippen LogP contribution in [0, 0.1) is 11.8 Å². The van der Waals surface area contributed by atoms with E-state index in [4.69, 9.17) is 0 Å². The first-order valence-corrected chi connectivity index (χ1v) is 6.87. The molecule has 0 aromatic rings. The third-order valence-electron chi connectivity index (χ3n) is 3.33. The Labute approximate surface area is 97.0 Å². The zero-order chi connectivity index (χ0) is 11.7. The predicted molar refractivity (Wildman–Crippen MR) is 70.2 cm³/mol. The van der Waals surface area contributed by atoms with E-state index in [1.807, 2.05) is 0 Å². The van der Waals surface area contributed by atoms with E-state index in [1.165, 1.54) is 32.1 Å². The maximum absolute atomic E-state index is 3.62. The molecule has 1 nitrogen and oxygen atoms in total. The Morgan fingerprint density at radius 2 is 1.53 bits per heavy atom. The average molecular weight is 213 g/mol. The molecule has 92 valence electrons. The van der Waals surface area contributed by atoms with Crippen molar-refractivity contribution >= 4 is 0 Å². The van der Waals surface area contributed by atoms with E-state index in [0.717, 1.165) is 24.4 Å². The van der Waals surface area contributed by atoms with Crippen molar-refractivity contribution in [3.63, 3.8) is 0 Å². The van der Waals surface area contributed by atoms with Crippen molar-refractivity contribution < 1.29 is 0 Å². The third kappa shape index (κ3) is 7.84. The zero-order valence-electron chi connectivity index (χ0n) is 11.5. The van der Waals surface area contributed by atoms with E-state index in [-0.39, 0.29) is 0 Å². The SMILES string of the molecule is CCNC(CCC(CC)CC)CC(C)C. The van der Waals surface area contributed by atoms with E-state index in [1.54, 1.807) is 0 Å². The highest BCUT2D eigenvalue weighted by molar-refractivity contribution is 4.70. The minimum atomic E-state index is 0.746. The van der Waals surface area contributed by atoms with Crippen molar-refractivity contribution in [3.8, 4) is 0 Å². The maximum Gasteiger partial charge on any atom is 0.00694 e. The number of nitrogens with one attached hydrogen (secondary N) is 1. The Kier molecular flexibility index (Phi) is 9.18.